The monoisotopic (exact) mass is 557 g/mol. The van der Waals surface area contributed by atoms with E-state index in [9.17, 15) is 13.2 Å². The standard InChI is InChI=1S/C22H34F3N3O2.HI/c1-21(2,18-6-4-7-19(14-18)22(23,24)25)16-28-20(26-3)27-10-5-11-30-15-17-8-12-29-13-9-17;/h4,6-7,14,17H,5,8-13,15-16H2,1-3H3,(H2,26,27,28);1H. The Kier molecular flexibility index (Phi) is 12.2. The van der Waals surface area contributed by atoms with Gasteiger partial charge in [-0.2, -0.15) is 13.2 Å². The molecule has 1 aliphatic rings. The van der Waals surface area contributed by atoms with Gasteiger partial charge in [-0.15, -0.1) is 24.0 Å². The molecule has 9 heteroatoms. The summed E-state index contributed by atoms with van der Waals surface area (Å²) in [7, 11) is 1.67. The lowest BCUT2D eigenvalue weighted by Crippen LogP contribution is -2.43. The van der Waals surface area contributed by atoms with E-state index >= 15 is 0 Å². The van der Waals surface area contributed by atoms with E-state index < -0.39 is 17.2 Å². The van der Waals surface area contributed by atoms with Gasteiger partial charge < -0.3 is 20.1 Å². The van der Waals surface area contributed by atoms with Crippen LogP contribution in [-0.4, -0.2) is 52.5 Å². The maximum Gasteiger partial charge on any atom is 0.416 e. The second-order valence-electron chi connectivity index (χ2n) is 8.30. The zero-order chi connectivity index (χ0) is 22.0. The molecule has 0 amide bonds. The number of alkyl halides is 3. The molecule has 0 bridgehead atoms. The van der Waals surface area contributed by atoms with E-state index in [0.717, 1.165) is 45.1 Å². The molecular formula is C22H35F3IN3O2. The normalized spacial score (nSPS) is 16.0. The lowest BCUT2D eigenvalue weighted by atomic mass is 9.84. The van der Waals surface area contributed by atoms with Crippen LogP contribution in [0.5, 0.6) is 0 Å². The number of nitrogens with one attached hydrogen (secondary N) is 2. The highest BCUT2D eigenvalue weighted by Gasteiger charge is 2.32. The van der Waals surface area contributed by atoms with Gasteiger partial charge in [0.2, 0.25) is 0 Å². The van der Waals surface area contributed by atoms with Gasteiger partial charge in [0.25, 0.3) is 0 Å². The molecule has 31 heavy (non-hydrogen) atoms. The number of rotatable bonds is 9. The fourth-order valence-corrected chi connectivity index (χ4v) is 3.29. The van der Waals surface area contributed by atoms with Crippen molar-refractivity contribution in [3.63, 3.8) is 0 Å². The molecular weight excluding hydrogens is 522 g/mol. The van der Waals surface area contributed by atoms with Gasteiger partial charge in [0.1, 0.15) is 0 Å². The average Bonchev–Trinajstić information content (AvgIpc) is 2.73. The molecule has 0 spiro atoms. The van der Waals surface area contributed by atoms with Gasteiger partial charge in [0, 0.05) is 52.0 Å². The van der Waals surface area contributed by atoms with Crippen LogP contribution in [0.25, 0.3) is 0 Å². The SMILES string of the molecule is CN=C(NCCCOCC1CCOCC1)NCC(C)(C)c1cccc(C(F)(F)F)c1.I. The summed E-state index contributed by atoms with van der Waals surface area (Å²) in [6.07, 6.45) is -1.36. The Morgan fingerprint density at radius 2 is 1.84 bits per heavy atom. The molecule has 1 saturated heterocycles. The second-order valence-corrected chi connectivity index (χ2v) is 8.30. The molecule has 2 rings (SSSR count). The molecule has 178 valence electrons. The van der Waals surface area contributed by atoms with Crippen molar-refractivity contribution in [3.05, 3.63) is 35.4 Å². The fourth-order valence-electron chi connectivity index (χ4n) is 3.29. The molecule has 1 heterocycles. The molecule has 5 nitrogen and oxygen atoms in total. The third kappa shape index (κ3) is 9.95. The molecule has 0 saturated carbocycles. The van der Waals surface area contributed by atoms with Crippen LogP contribution in [0.4, 0.5) is 13.2 Å². The summed E-state index contributed by atoms with van der Waals surface area (Å²) >= 11 is 0. The van der Waals surface area contributed by atoms with Crippen molar-refractivity contribution in [2.75, 3.05) is 46.6 Å². The van der Waals surface area contributed by atoms with Gasteiger partial charge in [-0.25, -0.2) is 0 Å². The molecule has 0 aromatic heterocycles. The summed E-state index contributed by atoms with van der Waals surface area (Å²) in [6, 6.07) is 5.49. The minimum Gasteiger partial charge on any atom is -0.381 e. The Hall–Kier alpha value is -1.07. The summed E-state index contributed by atoms with van der Waals surface area (Å²) in [4.78, 5) is 4.19. The quantitative estimate of drug-likeness (QED) is 0.202. The third-order valence-electron chi connectivity index (χ3n) is 5.35. The summed E-state index contributed by atoms with van der Waals surface area (Å²) in [6.45, 7) is 8.09. The number of guanidine groups is 1. The van der Waals surface area contributed by atoms with Crippen molar-refractivity contribution in [3.8, 4) is 0 Å². The van der Waals surface area contributed by atoms with E-state index in [1.807, 2.05) is 13.8 Å². The number of halogens is 4. The summed E-state index contributed by atoms with van der Waals surface area (Å²) < 4.78 is 50.1. The van der Waals surface area contributed by atoms with E-state index in [2.05, 4.69) is 15.6 Å². The number of benzene rings is 1. The van der Waals surface area contributed by atoms with Crippen molar-refractivity contribution in [2.45, 2.75) is 44.7 Å². The lowest BCUT2D eigenvalue weighted by Gasteiger charge is -2.27. The van der Waals surface area contributed by atoms with Crippen molar-refractivity contribution in [1.29, 1.82) is 0 Å². The van der Waals surface area contributed by atoms with E-state index in [1.165, 1.54) is 12.1 Å². The number of ether oxygens (including phenoxy) is 2. The Balaban J connectivity index is 0.00000480. The predicted octanol–water partition coefficient (Wildman–Crippen LogP) is 4.60. The Morgan fingerprint density at radius 3 is 2.48 bits per heavy atom. The second kappa shape index (κ2) is 13.5. The van der Waals surface area contributed by atoms with Crippen LogP contribution in [0.1, 0.15) is 44.2 Å². The van der Waals surface area contributed by atoms with E-state index in [0.29, 0.717) is 37.1 Å². The highest BCUT2D eigenvalue weighted by molar-refractivity contribution is 14.0. The van der Waals surface area contributed by atoms with Crippen molar-refractivity contribution < 1.29 is 22.6 Å². The van der Waals surface area contributed by atoms with Crippen LogP contribution in [0.3, 0.4) is 0 Å². The number of nitrogens with zero attached hydrogens (tertiary/aromatic N) is 1. The molecule has 1 aliphatic heterocycles. The summed E-state index contributed by atoms with van der Waals surface area (Å²) in [5, 5.41) is 6.44. The van der Waals surface area contributed by atoms with Crippen molar-refractivity contribution >= 4 is 29.9 Å². The first kappa shape index (κ1) is 28.0. The first-order chi connectivity index (χ1) is 14.2. The Labute approximate surface area is 200 Å². The Bertz CT molecular complexity index is 678. The zero-order valence-electron chi connectivity index (χ0n) is 18.6. The molecule has 0 atom stereocenters. The van der Waals surface area contributed by atoms with Crippen LogP contribution in [0, 0.1) is 5.92 Å². The minimum absolute atomic E-state index is 0. The molecule has 1 fully saturated rings. The van der Waals surface area contributed by atoms with Gasteiger partial charge in [-0.1, -0.05) is 32.0 Å². The first-order valence-corrected chi connectivity index (χ1v) is 10.5. The summed E-state index contributed by atoms with van der Waals surface area (Å²) in [5.41, 5.74) is -0.496. The highest BCUT2D eigenvalue weighted by Crippen LogP contribution is 2.32. The number of hydrogen-bond acceptors (Lipinski definition) is 3. The van der Waals surface area contributed by atoms with Gasteiger partial charge in [0.05, 0.1) is 5.56 Å². The zero-order valence-corrected chi connectivity index (χ0v) is 20.9. The van der Waals surface area contributed by atoms with Gasteiger partial charge in [-0.05, 0) is 36.8 Å². The molecule has 1 aromatic rings. The molecule has 0 unspecified atom stereocenters. The van der Waals surface area contributed by atoms with Crippen molar-refractivity contribution in [2.24, 2.45) is 10.9 Å². The Morgan fingerprint density at radius 1 is 1.16 bits per heavy atom. The largest absolute Gasteiger partial charge is 0.416 e. The number of hydrogen-bond donors (Lipinski definition) is 2. The van der Waals surface area contributed by atoms with E-state index in [-0.39, 0.29) is 24.0 Å². The third-order valence-corrected chi connectivity index (χ3v) is 5.35. The molecule has 0 radical (unpaired) electrons. The van der Waals surface area contributed by atoms with E-state index in [1.54, 1.807) is 13.1 Å². The van der Waals surface area contributed by atoms with E-state index in [4.69, 9.17) is 9.47 Å². The first-order valence-electron chi connectivity index (χ1n) is 10.5. The maximum absolute atomic E-state index is 13.0. The van der Waals surface area contributed by atoms with Crippen LogP contribution < -0.4 is 10.6 Å². The fraction of sp³-hybridized carbons (Fsp3) is 0.682. The van der Waals surface area contributed by atoms with Gasteiger partial charge >= 0.3 is 6.18 Å². The van der Waals surface area contributed by atoms with Gasteiger partial charge in [-0.3, -0.25) is 4.99 Å². The molecule has 1 aromatic carbocycles. The summed E-state index contributed by atoms with van der Waals surface area (Å²) in [5.74, 6) is 1.22. The van der Waals surface area contributed by atoms with Crippen molar-refractivity contribution in [1.82, 2.24) is 10.6 Å². The maximum atomic E-state index is 13.0. The van der Waals surface area contributed by atoms with Gasteiger partial charge in [0.15, 0.2) is 5.96 Å². The number of aliphatic imine (C=N–C) groups is 1. The van der Waals surface area contributed by atoms with Crippen LogP contribution >= 0.6 is 24.0 Å². The average molecular weight is 557 g/mol. The van der Waals surface area contributed by atoms with Crippen LogP contribution in [-0.2, 0) is 21.1 Å². The van der Waals surface area contributed by atoms with Crippen LogP contribution in [0.2, 0.25) is 0 Å². The minimum atomic E-state index is -4.34. The van der Waals surface area contributed by atoms with Crippen LogP contribution in [0.15, 0.2) is 29.3 Å². The lowest BCUT2D eigenvalue weighted by molar-refractivity contribution is -0.137. The molecule has 2 N–H and O–H groups in total. The topological polar surface area (TPSA) is 54.9 Å². The predicted molar refractivity (Wildman–Crippen MR) is 128 cm³/mol. The molecule has 0 aliphatic carbocycles. The smallest absolute Gasteiger partial charge is 0.381 e. The highest BCUT2D eigenvalue weighted by atomic mass is 127.